The third kappa shape index (κ3) is 12.9. The molecule has 0 bridgehead atoms. The maximum absolute atomic E-state index is 10.4. The van der Waals surface area contributed by atoms with Crippen LogP contribution in [0.4, 0.5) is 0 Å². The Morgan fingerprint density at radius 1 is 1.22 bits per heavy atom. The van der Waals surface area contributed by atoms with E-state index in [1.807, 2.05) is 10.8 Å². The largest absolute Gasteiger partial charge is 0.481 e. The van der Waals surface area contributed by atoms with E-state index in [1.165, 1.54) is 0 Å². The first kappa shape index (κ1) is 18.4. The lowest BCUT2D eigenvalue weighted by Crippen LogP contribution is -2.06. The Morgan fingerprint density at radius 3 is 2.61 bits per heavy atom. The molecule has 0 heterocycles. The second kappa shape index (κ2) is 13.9. The van der Waals surface area contributed by atoms with E-state index in [-0.39, 0.29) is 13.0 Å². The summed E-state index contributed by atoms with van der Waals surface area (Å²) in [6.07, 6.45) is 4.11. The summed E-state index contributed by atoms with van der Waals surface area (Å²) in [5.74, 6) is 1.74. The SMILES string of the molecule is NCSCC[C@@H](CCCCC(=O)O)SSCCO. The van der Waals surface area contributed by atoms with E-state index in [9.17, 15) is 4.79 Å². The topological polar surface area (TPSA) is 83.6 Å². The average molecular weight is 314 g/mol. The number of aliphatic carboxylic acids is 1. The highest BCUT2D eigenvalue weighted by atomic mass is 33.1. The molecule has 0 aliphatic carbocycles. The second-order valence-corrected chi connectivity index (χ2v) is 7.70. The summed E-state index contributed by atoms with van der Waals surface area (Å²) in [7, 11) is 3.50. The number of unbranched alkanes of at least 4 members (excludes halogenated alkanes) is 1. The molecule has 0 aliphatic rings. The summed E-state index contributed by atoms with van der Waals surface area (Å²) in [5.41, 5.74) is 5.44. The number of aliphatic hydroxyl groups excluding tert-OH is 1. The van der Waals surface area contributed by atoms with Crippen LogP contribution in [0, 0.1) is 0 Å². The van der Waals surface area contributed by atoms with E-state index in [4.69, 9.17) is 15.9 Å². The molecule has 0 amide bonds. The van der Waals surface area contributed by atoms with Crippen molar-refractivity contribution in [2.45, 2.75) is 37.4 Å². The average Bonchev–Trinajstić information content (AvgIpc) is 2.34. The van der Waals surface area contributed by atoms with Crippen LogP contribution in [0.2, 0.25) is 0 Å². The number of aliphatic hydroxyl groups is 1. The number of carboxylic acid groups (broad SMARTS) is 1. The van der Waals surface area contributed by atoms with Crippen LogP contribution in [0.5, 0.6) is 0 Å². The Bertz CT molecular complexity index is 198. The monoisotopic (exact) mass is 313 g/mol. The molecule has 0 aromatic carbocycles. The smallest absolute Gasteiger partial charge is 0.303 e. The van der Waals surface area contributed by atoms with Crippen LogP contribution in [0.15, 0.2) is 0 Å². The van der Waals surface area contributed by atoms with E-state index in [0.717, 1.165) is 37.2 Å². The molecule has 0 unspecified atom stereocenters. The second-order valence-electron chi connectivity index (χ2n) is 3.77. The number of thioether (sulfide) groups is 1. The van der Waals surface area contributed by atoms with E-state index in [0.29, 0.717) is 11.1 Å². The van der Waals surface area contributed by atoms with Gasteiger partial charge in [-0.1, -0.05) is 28.0 Å². The van der Waals surface area contributed by atoms with Gasteiger partial charge in [-0.2, -0.15) is 0 Å². The van der Waals surface area contributed by atoms with Crippen LogP contribution in [0.1, 0.15) is 32.1 Å². The van der Waals surface area contributed by atoms with Gasteiger partial charge in [0.25, 0.3) is 0 Å². The van der Waals surface area contributed by atoms with Gasteiger partial charge < -0.3 is 15.9 Å². The Morgan fingerprint density at radius 2 is 2.00 bits per heavy atom. The Balaban J connectivity index is 3.69. The van der Waals surface area contributed by atoms with Crippen molar-refractivity contribution in [3.8, 4) is 0 Å². The third-order valence-electron chi connectivity index (χ3n) is 2.25. The molecule has 4 nitrogen and oxygen atoms in total. The van der Waals surface area contributed by atoms with Crippen LogP contribution in [-0.2, 0) is 4.79 Å². The predicted molar refractivity (Wildman–Crippen MR) is 83.2 cm³/mol. The Hall–Kier alpha value is 0.440. The van der Waals surface area contributed by atoms with Gasteiger partial charge >= 0.3 is 5.97 Å². The van der Waals surface area contributed by atoms with Crippen LogP contribution in [0.3, 0.4) is 0 Å². The van der Waals surface area contributed by atoms with Crippen molar-refractivity contribution in [1.82, 2.24) is 0 Å². The van der Waals surface area contributed by atoms with Gasteiger partial charge in [-0.3, -0.25) is 4.79 Å². The molecule has 0 saturated heterocycles. The van der Waals surface area contributed by atoms with Crippen molar-refractivity contribution in [3.05, 3.63) is 0 Å². The summed E-state index contributed by atoms with van der Waals surface area (Å²) in [6, 6.07) is 0. The molecular formula is C11H23NO3S3. The van der Waals surface area contributed by atoms with Gasteiger partial charge in [0.1, 0.15) is 0 Å². The third-order valence-corrected chi connectivity index (χ3v) is 5.96. The number of hydrogen-bond donors (Lipinski definition) is 3. The molecule has 0 fully saturated rings. The minimum Gasteiger partial charge on any atom is -0.481 e. The van der Waals surface area contributed by atoms with Crippen molar-refractivity contribution >= 4 is 39.3 Å². The van der Waals surface area contributed by atoms with Gasteiger partial charge in [-0.15, -0.1) is 11.8 Å². The molecule has 1 atom stereocenters. The minimum atomic E-state index is -0.715. The van der Waals surface area contributed by atoms with Crippen molar-refractivity contribution in [2.24, 2.45) is 5.73 Å². The first-order chi connectivity index (χ1) is 8.70. The fourth-order valence-electron chi connectivity index (χ4n) is 1.37. The van der Waals surface area contributed by atoms with Gasteiger partial charge in [0.15, 0.2) is 0 Å². The van der Waals surface area contributed by atoms with E-state index < -0.39 is 5.97 Å². The molecule has 0 saturated carbocycles. The highest BCUT2D eigenvalue weighted by Crippen LogP contribution is 2.32. The van der Waals surface area contributed by atoms with Gasteiger partial charge in [0.2, 0.25) is 0 Å². The highest BCUT2D eigenvalue weighted by molar-refractivity contribution is 8.76. The summed E-state index contributed by atoms with van der Waals surface area (Å²) < 4.78 is 0. The summed E-state index contributed by atoms with van der Waals surface area (Å²) >= 11 is 1.73. The fourth-order valence-corrected chi connectivity index (χ4v) is 4.64. The fraction of sp³-hybridized carbons (Fsp3) is 0.909. The van der Waals surface area contributed by atoms with Crippen molar-refractivity contribution < 1.29 is 15.0 Å². The lowest BCUT2D eigenvalue weighted by molar-refractivity contribution is -0.137. The molecule has 7 heteroatoms. The molecule has 0 aliphatic heterocycles. The summed E-state index contributed by atoms with van der Waals surface area (Å²) in [5, 5.41) is 17.9. The van der Waals surface area contributed by atoms with Gasteiger partial charge in [0, 0.05) is 23.3 Å². The summed E-state index contributed by atoms with van der Waals surface area (Å²) in [6.45, 7) is 0.209. The van der Waals surface area contributed by atoms with Crippen LogP contribution >= 0.6 is 33.3 Å². The first-order valence-electron chi connectivity index (χ1n) is 6.09. The zero-order chi connectivity index (χ0) is 13.6. The molecule has 0 aromatic heterocycles. The number of carboxylic acids is 1. The normalized spacial score (nSPS) is 12.6. The van der Waals surface area contributed by atoms with E-state index >= 15 is 0 Å². The number of nitrogens with two attached hydrogens (primary N) is 1. The molecular weight excluding hydrogens is 290 g/mol. The minimum absolute atomic E-state index is 0.209. The van der Waals surface area contributed by atoms with Gasteiger partial charge in [-0.05, 0) is 25.0 Å². The van der Waals surface area contributed by atoms with Crippen LogP contribution in [0.25, 0.3) is 0 Å². The van der Waals surface area contributed by atoms with E-state index in [2.05, 4.69) is 0 Å². The Kier molecular flexibility index (Phi) is 14.2. The molecule has 108 valence electrons. The highest BCUT2D eigenvalue weighted by Gasteiger charge is 2.10. The maximum Gasteiger partial charge on any atom is 0.303 e. The van der Waals surface area contributed by atoms with Crippen molar-refractivity contribution in [3.63, 3.8) is 0 Å². The van der Waals surface area contributed by atoms with Crippen LogP contribution in [-0.4, -0.2) is 45.4 Å². The zero-order valence-electron chi connectivity index (χ0n) is 10.5. The quantitative estimate of drug-likeness (QED) is 0.273. The predicted octanol–water partition coefficient (Wildman–Crippen LogP) is 2.41. The molecule has 0 radical (unpaired) electrons. The van der Waals surface area contributed by atoms with Crippen molar-refractivity contribution in [2.75, 3.05) is 24.0 Å². The standard InChI is InChI=1S/C11H23NO3S3/c12-9-16-7-5-10(18-17-8-6-13)3-1-2-4-11(14)15/h10,13H,1-9,12H2,(H,14,15)/t10-/m1/s1. The number of rotatable bonds is 13. The lowest BCUT2D eigenvalue weighted by Gasteiger charge is -2.15. The number of carbonyl (C=O) groups is 1. The first-order valence-corrected chi connectivity index (χ1v) is 9.63. The summed E-state index contributed by atoms with van der Waals surface area (Å²) in [4.78, 5) is 10.4. The zero-order valence-corrected chi connectivity index (χ0v) is 13.0. The molecule has 18 heavy (non-hydrogen) atoms. The van der Waals surface area contributed by atoms with Crippen molar-refractivity contribution in [1.29, 1.82) is 0 Å². The molecule has 0 spiro atoms. The van der Waals surface area contributed by atoms with Crippen LogP contribution < -0.4 is 5.73 Å². The van der Waals surface area contributed by atoms with E-state index in [1.54, 1.807) is 22.6 Å². The maximum atomic E-state index is 10.4. The lowest BCUT2D eigenvalue weighted by atomic mass is 10.1. The number of hydrogen-bond acceptors (Lipinski definition) is 6. The Labute approximate surface area is 121 Å². The van der Waals surface area contributed by atoms with Gasteiger partial charge in [0.05, 0.1) is 6.61 Å². The molecule has 0 rings (SSSR count). The molecule has 0 aromatic rings. The van der Waals surface area contributed by atoms with Gasteiger partial charge in [-0.25, -0.2) is 0 Å². The molecule has 4 N–H and O–H groups in total.